The van der Waals surface area contributed by atoms with Gasteiger partial charge in [0.1, 0.15) is 5.56 Å². The van der Waals surface area contributed by atoms with Gasteiger partial charge in [0, 0.05) is 13.1 Å². The first kappa shape index (κ1) is 19.9. The number of hydrogen-bond donors (Lipinski definition) is 0. The molecule has 1 aromatic rings. The average molecular weight is 365 g/mol. The summed E-state index contributed by atoms with van der Waals surface area (Å²) in [6, 6.07) is 3.12. The van der Waals surface area contributed by atoms with Gasteiger partial charge in [0.05, 0.1) is 21.3 Å². The van der Waals surface area contributed by atoms with Crippen LogP contribution in [0.25, 0.3) is 0 Å². The van der Waals surface area contributed by atoms with Crippen molar-refractivity contribution in [2.75, 3.05) is 41.0 Å². The van der Waals surface area contributed by atoms with E-state index in [9.17, 15) is 9.59 Å². The van der Waals surface area contributed by atoms with Crippen LogP contribution in [0.4, 0.5) is 0 Å². The van der Waals surface area contributed by atoms with Gasteiger partial charge in [-0.05, 0) is 30.4 Å². The van der Waals surface area contributed by atoms with Crippen molar-refractivity contribution < 1.29 is 28.5 Å². The molecule has 1 amide bonds. The van der Waals surface area contributed by atoms with E-state index in [0.29, 0.717) is 36.4 Å². The third-order valence-electron chi connectivity index (χ3n) is 4.47. The molecule has 1 heterocycles. The van der Waals surface area contributed by atoms with Crippen LogP contribution in [-0.4, -0.2) is 57.8 Å². The summed E-state index contributed by atoms with van der Waals surface area (Å²) < 4.78 is 21.0. The molecule has 1 aliphatic rings. The Hall–Kier alpha value is -2.44. The molecule has 2 atom stereocenters. The fourth-order valence-corrected chi connectivity index (χ4v) is 3.42. The summed E-state index contributed by atoms with van der Waals surface area (Å²) in [5.41, 5.74) is 0.179. The van der Waals surface area contributed by atoms with Crippen LogP contribution in [0.5, 0.6) is 17.2 Å². The molecule has 0 N–H and O–H groups in total. The Morgan fingerprint density at radius 2 is 1.62 bits per heavy atom. The third-order valence-corrected chi connectivity index (χ3v) is 4.47. The first-order chi connectivity index (χ1) is 12.4. The molecule has 0 saturated carbocycles. The molecule has 1 saturated heterocycles. The SMILES string of the molecule is COc1ccc(C(=O)OCC(=O)N2C[C@@H](C)C[C@H](C)C2)c(OC)c1OC. The van der Waals surface area contributed by atoms with Crippen molar-refractivity contribution in [1.82, 2.24) is 4.90 Å². The second kappa shape index (κ2) is 8.78. The highest BCUT2D eigenvalue weighted by Crippen LogP contribution is 2.39. The lowest BCUT2D eigenvalue weighted by atomic mass is 9.92. The van der Waals surface area contributed by atoms with Crippen molar-refractivity contribution in [2.45, 2.75) is 20.3 Å². The number of benzene rings is 1. The number of carbonyl (C=O) groups is 2. The normalized spacial score (nSPS) is 19.7. The Morgan fingerprint density at radius 1 is 1.00 bits per heavy atom. The van der Waals surface area contributed by atoms with Crippen molar-refractivity contribution in [3.63, 3.8) is 0 Å². The zero-order valence-corrected chi connectivity index (χ0v) is 16.0. The predicted molar refractivity (Wildman–Crippen MR) is 95.9 cm³/mol. The molecule has 7 heteroatoms. The molecule has 7 nitrogen and oxygen atoms in total. The van der Waals surface area contributed by atoms with Crippen molar-refractivity contribution >= 4 is 11.9 Å². The largest absolute Gasteiger partial charge is 0.493 e. The van der Waals surface area contributed by atoms with E-state index >= 15 is 0 Å². The van der Waals surface area contributed by atoms with Gasteiger partial charge < -0.3 is 23.8 Å². The molecule has 0 spiro atoms. The second-order valence-corrected chi connectivity index (χ2v) is 6.70. The molecule has 1 aromatic carbocycles. The van der Waals surface area contributed by atoms with Crippen LogP contribution >= 0.6 is 0 Å². The van der Waals surface area contributed by atoms with Crippen LogP contribution in [-0.2, 0) is 9.53 Å². The Labute approximate surface area is 154 Å². The summed E-state index contributed by atoms with van der Waals surface area (Å²) in [4.78, 5) is 26.6. The van der Waals surface area contributed by atoms with E-state index in [0.717, 1.165) is 6.42 Å². The van der Waals surface area contributed by atoms with Gasteiger partial charge in [-0.15, -0.1) is 0 Å². The van der Waals surface area contributed by atoms with E-state index in [2.05, 4.69) is 13.8 Å². The van der Waals surface area contributed by atoms with E-state index in [1.54, 1.807) is 11.0 Å². The summed E-state index contributed by atoms with van der Waals surface area (Å²) in [6.07, 6.45) is 1.10. The van der Waals surface area contributed by atoms with Crippen LogP contribution in [0.1, 0.15) is 30.6 Å². The van der Waals surface area contributed by atoms with Crippen LogP contribution in [0, 0.1) is 11.8 Å². The van der Waals surface area contributed by atoms with Gasteiger partial charge in [0.2, 0.25) is 5.75 Å². The Bertz CT molecular complexity index is 650. The van der Waals surface area contributed by atoms with Gasteiger partial charge in [0.15, 0.2) is 18.1 Å². The topological polar surface area (TPSA) is 74.3 Å². The molecule has 0 bridgehead atoms. The summed E-state index contributed by atoms with van der Waals surface area (Å²) in [5.74, 6) is 1.02. The van der Waals surface area contributed by atoms with Crippen LogP contribution in [0.2, 0.25) is 0 Å². The number of amides is 1. The highest BCUT2D eigenvalue weighted by atomic mass is 16.5. The smallest absolute Gasteiger partial charge is 0.342 e. The van der Waals surface area contributed by atoms with E-state index in [-0.39, 0.29) is 23.8 Å². The molecule has 1 aliphatic heterocycles. The fraction of sp³-hybridized carbons (Fsp3) is 0.579. The monoisotopic (exact) mass is 365 g/mol. The van der Waals surface area contributed by atoms with Crippen molar-refractivity contribution in [1.29, 1.82) is 0 Å². The summed E-state index contributed by atoms with van der Waals surface area (Å²) >= 11 is 0. The maximum atomic E-state index is 12.4. The number of piperidine rings is 1. The zero-order valence-electron chi connectivity index (χ0n) is 16.0. The lowest BCUT2D eigenvalue weighted by molar-refractivity contribution is -0.137. The van der Waals surface area contributed by atoms with Gasteiger partial charge in [-0.3, -0.25) is 4.79 Å². The van der Waals surface area contributed by atoms with Gasteiger partial charge in [-0.2, -0.15) is 0 Å². The van der Waals surface area contributed by atoms with E-state index in [1.807, 2.05) is 0 Å². The molecule has 144 valence electrons. The minimum Gasteiger partial charge on any atom is -0.493 e. The number of methoxy groups -OCH3 is 3. The molecule has 0 aliphatic carbocycles. The summed E-state index contributed by atoms with van der Waals surface area (Å²) in [6.45, 7) is 5.34. The quantitative estimate of drug-likeness (QED) is 0.721. The Balaban J connectivity index is 2.07. The van der Waals surface area contributed by atoms with Crippen LogP contribution in [0.3, 0.4) is 0 Å². The Kier molecular flexibility index (Phi) is 6.71. The average Bonchev–Trinajstić information content (AvgIpc) is 2.63. The fourth-order valence-electron chi connectivity index (χ4n) is 3.42. The van der Waals surface area contributed by atoms with Gasteiger partial charge in [0.25, 0.3) is 5.91 Å². The van der Waals surface area contributed by atoms with Gasteiger partial charge in [-0.1, -0.05) is 13.8 Å². The molecule has 26 heavy (non-hydrogen) atoms. The van der Waals surface area contributed by atoms with Crippen molar-refractivity contribution in [3.05, 3.63) is 17.7 Å². The molecule has 1 fully saturated rings. The number of nitrogens with zero attached hydrogens (tertiary/aromatic N) is 1. The number of rotatable bonds is 6. The predicted octanol–water partition coefficient (Wildman–Crippen LogP) is 2.37. The lowest BCUT2D eigenvalue weighted by Crippen LogP contribution is -2.44. The highest BCUT2D eigenvalue weighted by Gasteiger charge is 2.27. The van der Waals surface area contributed by atoms with E-state index in [4.69, 9.17) is 18.9 Å². The summed E-state index contributed by atoms with van der Waals surface area (Å²) in [7, 11) is 4.38. The number of ether oxygens (including phenoxy) is 4. The molecular formula is C19H27NO6. The van der Waals surface area contributed by atoms with Crippen LogP contribution in [0.15, 0.2) is 12.1 Å². The third kappa shape index (κ3) is 4.39. The standard InChI is InChI=1S/C19H27NO6/c1-12-8-13(2)10-20(9-12)16(21)11-26-19(22)14-6-7-15(23-3)18(25-5)17(14)24-4/h6-7,12-13H,8-11H2,1-5H3/t12-,13-/m0/s1. The maximum Gasteiger partial charge on any atom is 0.342 e. The first-order valence-corrected chi connectivity index (χ1v) is 8.65. The number of likely N-dealkylation sites (tertiary alicyclic amines) is 1. The van der Waals surface area contributed by atoms with Crippen molar-refractivity contribution in [3.8, 4) is 17.2 Å². The molecule has 2 rings (SSSR count). The second-order valence-electron chi connectivity index (χ2n) is 6.70. The molecule has 0 unspecified atom stereocenters. The zero-order chi connectivity index (χ0) is 19.3. The Morgan fingerprint density at radius 3 is 2.15 bits per heavy atom. The van der Waals surface area contributed by atoms with Crippen LogP contribution < -0.4 is 14.2 Å². The number of esters is 1. The molecule has 0 radical (unpaired) electrons. The minimum absolute atomic E-state index is 0.179. The van der Waals surface area contributed by atoms with E-state index < -0.39 is 5.97 Å². The maximum absolute atomic E-state index is 12.4. The van der Waals surface area contributed by atoms with E-state index in [1.165, 1.54) is 27.4 Å². The van der Waals surface area contributed by atoms with Gasteiger partial charge >= 0.3 is 5.97 Å². The van der Waals surface area contributed by atoms with Crippen molar-refractivity contribution in [2.24, 2.45) is 11.8 Å². The first-order valence-electron chi connectivity index (χ1n) is 8.65. The highest BCUT2D eigenvalue weighted by molar-refractivity contribution is 5.95. The molecular weight excluding hydrogens is 338 g/mol. The lowest BCUT2D eigenvalue weighted by Gasteiger charge is -2.34. The number of carbonyl (C=O) groups excluding carboxylic acids is 2. The summed E-state index contributed by atoms with van der Waals surface area (Å²) in [5, 5.41) is 0. The number of hydrogen-bond acceptors (Lipinski definition) is 6. The van der Waals surface area contributed by atoms with Gasteiger partial charge in [-0.25, -0.2) is 4.79 Å². The minimum atomic E-state index is -0.644. The molecule has 0 aromatic heterocycles.